The maximum absolute atomic E-state index is 13.7. The highest BCUT2D eigenvalue weighted by molar-refractivity contribution is 7.93. The van der Waals surface area contributed by atoms with E-state index in [2.05, 4.69) is 19.4 Å². The number of aromatic nitrogens is 2. The molecule has 2 aromatic carbocycles. The fourth-order valence-electron chi connectivity index (χ4n) is 5.12. The number of nitrogens with one attached hydrogen (secondary N) is 2. The van der Waals surface area contributed by atoms with Gasteiger partial charge in [0.15, 0.2) is 0 Å². The van der Waals surface area contributed by atoms with Gasteiger partial charge in [0.25, 0.3) is 20.0 Å². The van der Waals surface area contributed by atoms with Crippen LogP contribution in [-0.4, -0.2) is 41.0 Å². The Bertz CT molecular complexity index is 1960. The van der Waals surface area contributed by atoms with Gasteiger partial charge in [-0.1, -0.05) is 23.7 Å². The quantitative estimate of drug-likeness (QED) is 0.157. The minimum atomic E-state index is -4.27. The van der Waals surface area contributed by atoms with E-state index in [0.717, 1.165) is 48.9 Å². The summed E-state index contributed by atoms with van der Waals surface area (Å²) >= 11 is 5.94. The molecule has 4 aromatic rings. The van der Waals surface area contributed by atoms with Crippen LogP contribution < -0.4 is 9.44 Å². The van der Waals surface area contributed by atoms with Gasteiger partial charge in [-0.3, -0.25) is 9.44 Å². The first-order chi connectivity index (χ1) is 22.8. The third-order valence-corrected chi connectivity index (χ3v) is 11.1. The average molecular weight is 721 g/mol. The minimum Gasteiger partial charge on any atom is -0.376 e. The van der Waals surface area contributed by atoms with Crippen LogP contribution in [0.5, 0.6) is 0 Å². The van der Waals surface area contributed by atoms with E-state index in [1.807, 2.05) is 6.07 Å². The van der Waals surface area contributed by atoms with E-state index >= 15 is 0 Å². The second-order valence-corrected chi connectivity index (χ2v) is 15.4. The molecule has 6 rings (SSSR count). The molecule has 2 fully saturated rings. The number of sulfonamides is 2. The Morgan fingerprint density at radius 2 is 1.27 bits per heavy atom. The first-order valence-electron chi connectivity index (χ1n) is 15.1. The average Bonchev–Trinajstić information content (AvgIpc) is 3.98. The zero-order chi connectivity index (χ0) is 34.6. The Kier molecular flexibility index (Phi) is 11.0. The van der Waals surface area contributed by atoms with Crippen molar-refractivity contribution >= 4 is 43.3 Å². The minimum absolute atomic E-state index is 0.0214. The van der Waals surface area contributed by atoms with Crippen LogP contribution in [-0.2, 0) is 29.5 Å². The molecule has 10 nitrogen and oxygen atoms in total. The molecule has 15 heteroatoms. The highest BCUT2D eigenvalue weighted by atomic mass is 35.5. The molecule has 0 amide bonds. The van der Waals surface area contributed by atoms with Gasteiger partial charge in [0.2, 0.25) is 0 Å². The van der Waals surface area contributed by atoms with E-state index in [-0.39, 0.29) is 28.7 Å². The summed E-state index contributed by atoms with van der Waals surface area (Å²) < 4.78 is 91.7. The fourth-order valence-corrected chi connectivity index (χ4v) is 7.43. The molecule has 0 radical (unpaired) electrons. The Morgan fingerprint density at radius 1 is 0.750 bits per heavy atom. The third kappa shape index (κ3) is 8.85. The van der Waals surface area contributed by atoms with E-state index in [0.29, 0.717) is 28.5 Å². The van der Waals surface area contributed by atoms with Gasteiger partial charge in [0.05, 0.1) is 17.1 Å². The topological polar surface area (TPSA) is 137 Å². The van der Waals surface area contributed by atoms with Crippen molar-refractivity contribution in [3.8, 4) is 0 Å². The fraction of sp³-hybridized carbons (Fsp3) is 0.333. The summed E-state index contributed by atoms with van der Waals surface area (Å²) in [7, 11) is -4.67. The number of anilines is 2. The van der Waals surface area contributed by atoms with Crippen LogP contribution in [0.4, 0.5) is 20.4 Å². The standard InChI is InChI=1S/C17H19ClN2O3S.C16H16F2N2O3S/c1-11-9-14(6-7-15(11)18)24(21,22)20-16-8-5-13(10-19-16)17(23-2)12-3-4-12;1-23-16(10-2-3-10)11-4-7-15(19-9-11)20-24(21,22)14-8-12(17)5-6-13(14)18/h5-10,12,17H,3-4H2,1-2H3,(H,19,20);4-10,16H,2-3H2,1H3,(H,19,20). The van der Waals surface area contributed by atoms with Crippen molar-refractivity contribution in [1.82, 2.24) is 9.97 Å². The summed E-state index contributed by atoms with van der Waals surface area (Å²) in [6.45, 7) is 1.76. The van der Waals surface area contributed by atoms with E-state index in [4.69, 9.17) is 21.1 Å². The van der Waals surface area contributed by atoms with Crippen molar-refractivity contribution in [2.24, 2.45) is 11.8 Å². The molecule has 0 saturated heterocycles. The number of methoxy groups -OCH3 is 2. The lowest BCUT2D eigenvalue weighted by Crippen LogP contribution is -2.16. The molecular formula is C33H35ClF2N4O6S2. The van der Waals surface area contributed by atoms with Crippen LogP contribution in [0.15, 0.2) is 82.8 Å². The summed E-state index contributed by atoms with van der Waals surface area (Å²) in [6.07, 6.45) is 7.64. The molecule has 0 bridgehead atoms. The summed E-state index contributed by atoms with van der Waals surface area (Å²) in [5.41, 5.74) is 2.51. The highest BCUT2D eigenvalue weighted by Gasteiger charge is 2.33. The zero-order valence-corrected chi connectivity index (χ0v) is 28.7. The van der Waals surface area contributed by atoms with Crippen molar-refractivity contribution in [2.45, 2.75) is 54.6 Å². The van der Waals surface area contributed by atoms with Gasteiger partial charge in [0, 0.05) is 31.6 Å². The number of hydrogen-bond donors (Lipinski definition) is 2. The van der Waals surface area contributed by atoms with Gasteiger partial charge in [0.1, 0.15) is 28.2 Å². The second kappa shape index (κ2) is 14.8. The zero-order valence-electron chi connectivity index (χ0n) is 26.4. The molecule has 2 unspecified atom stereocenters. The number of aryl methyl sites for hydroxylation is 1. The first kappa shape index (κ1) is 35.6. The molecule has 2 atom stereocenters. The number of nitrogens with zero attached hydrogens (tertiary/aromatic N) is 2. The smallest absolute Gasteiger partial charge is 0.266 e. The maximum atomic E-state index is 13.7. The van der Waals surface area contributed by atoms with Gasteiger partial charge in [-0.15, -0.1) is 0 Å². The summed E-state index contributed by atoms with van der Waals surface area (Å²) in [6, 6.07) is 13.5. The van der Waals surface area contributed by atoms with E-state index < -0.39 is 36.6 Å². The Balaban J connectivity index is 0.000000188. The van der Waals surface area contributed by atoms with Crippen molar-refractivity contribution in [2.75, 3.05) is 23.7 Å². The number of hydrogen-bond acceptors (Lipinski definition) is 8. The molecule has 256 valence electrons. The van der Waals surface area contributed by atoms with Crippen molar-refractivity contribution < 1.29 is 35.1 Å². The summed E-state index contributed by atoms with van der Waals surface area (Å²) in [4.78, 5) is 7.64. The number of rotatable bonds is 12. The van der Waals surface area contributed by atoms with Crippen molar-refractivity contribution in [3.63, 3.8) is 0 Å². The summed E-state index contributed by atoms with van der Waals surface area (Å²) in [5.74, 6) is -0.580. The Morgan fingerprint density at radius 3 is 1.71 bits per heavy atom. The van der Waals surface area contributed by atoms with Crippen LogP contribution in [0, 0.1) is 30.4 Å². The Hall–Kier alpha value is -3.69. The molecule has 2 heterocycles. The van der Waals surface area contributed by atoms with Crippen LogP contribution >= 0.6 is 11.6 Å². The van der Waals surface area contributed by atoms with E-state index in [1.165, 1.54) is 24.4 Å². The maximum Gasteiger partial charge on any atom is 0.266 e. The lowest BCUT2D eigenvalue weighted by molar-refractivity contribution is 0.0843. The SMILES string of the molecule is COC(c1ccc(NS(=O)(=O)c2cc(F)ccc2F)nc1)C1CC1.COC(c1ccc(NS(=O)(=O)c2ccc(Cl)c(C)c2)nc1)C1CC1. The predicted molar refractivity (Wildman–Crippen MR) is 178 cm³/mol. The van der Waals surface area contributed by atoms with Crippen LogP contribution in [0.1, 0.15) is 54.6 Å². The third-order valence-electron chi connectivity index (χ3n) is 7.94. The predicted octanol–water partition coefficient (Wildman–Crippen LogP) is 7.20. The molecule has 2 aliphatic carbocycles. The molecular weight excluding hydrogens is 686 g/mol. The van der Waals surface area contributed by atoms with Crippen molar-refractivity contribution in [3.05, 3.63) is 106 Å². The van der Waals surface area contributed by atoms with Gasteiger partial charge in [-0.05, 0) is 110 Å². The molecule has 0 aliphatic heterocycles. The molecule has 48 heavy (non-hydrogen) atoms. The molecule has 2 aliphatic rings. The van der Waals surface area contributed by atoms with Crippen LogP contribution in [0.25, 0.3) is 0 Å². The normalized spacial score (nSPS) is 16.0. The molecule has 2 aromatic heterocycles. The lowest BCUT2D eigenvalue weighted by atomic mass is 10.1. The number of pyridine rings is 2. The van der Waals surface area contributed by atoms with Gasteiger partial charge >= 0.3 is 0 Å². The van der Waals surface area contributed by atoms with Gasteiger partial charge in [-0.25, -0.2) is 35.6 Å². The molecule has 2 saturated carbocycles. The molecule has 2 N–H and O–H groups in total. The number of halogens is 3. The first-order valence-corrected chi connectivity index (χ1v) is 18.4. The second-order valence-electron chi connectivity index (χ2n) is 11.6. The largest absolute Gasteiger partial charge is 0.376 e. The van der Waals surface area contributed by atoms with Gasteiger partial charge < -0.3 is 9.47 Å². The number of ether oxygens (including phenoxy) is 2. The van der Waals surface area contributed by atoms with E-state index in [1.54, 1.807) is 45.5 Å². The van der Waals surface area contributed by atoms with E-state index in [9.17, 15) is 25.6 Å². The van der Waals surface area contributed by atoms with Crippen molar-refractivity contribution in [1.29, 1.82) is 0 Å². The molecule has 0 spiro atoms. The highest BCUT2D eigenvalue weighted by Crippen LogP contribution is 2.43. The number of benzene rings is 2. The van der Waals surface area contributed by atoms with Crippen LogP contribution in [0.2, 0.25) is 5.02 Å². The summed E-state index contributed by atoms with van der Waals surface area (Å²) in [5, 5.41) is 0.530. The lowest BCUT2D eigenvalue weighted by Gasteiger charge is -2.15. The van der Waals surface area contributed by atoms with Crippen LogP contribution in [0.3, 0.4) is 0 Å². The monoisotopic (exact) mass is 720 g/mol. The Labute approximate surface area is 284 Å². The van der Waals surface area contributed by atoms with Gasteiger partial charge in [-0.2, -0.15) is 0 Å².